The second-order valence-electron chi connectivity index (χ2n) is 5.80. The van der Waals surface area contributed by atoms with Crippen LogP contribution in [0.2, 0.25) is 0 Å². The fraction of sp³-hybridized carbons (Fsp3) is 0. The molecule has 0 aliphatic rings. The molecule has 2 heteroatoms. The molecule has 0 fully saturated rings. The van der Waals surface area contributed by atoms with E-state index in [4.69, 9.17) is 4.74 Å². The number of nitrogens with one attached hydrogen (secondary N) is 1. The molecule has 4 aromatic rings. The average molecular weight is 324 g/mol. The average Bonchev–Trinajstić information content (AvgIpc) is 2.70. The minimum Gasteiger partial charge on any atom is -0.457 e. The van der Waals surface area contributed by atoms with Crippen molar-refractivity contribution in [2.24, 2.45) is 0 Å². The maximum atomic E-state index is 5.84. The summed E-state index contributed by atoms with van der Waals surface area (Å²) in [6.07, 6.45) is 2.04. The molecule has 1 heterocycles. The van der Waals surface area contributed by atoms with E-state index in [2.05, 4.69) is 41.4 Å². The Morgan fingerprint density at radius 3 is 1.72 bits per heavy atom. The molecule has 0 bridgehead atoms. The van der Waals surface area contributed by atoms with E-state index in [0.717, 1.165) is 28.3 Å². The summed E-state index contributed by atoms with van der Waals surface area (Å²) in [5, 5.41) is 0. The molecule has 0 atom stereocenters. The van der Waals surface area contributed by atoms with Crippen molar-refractivity contribution in [2.45, 2.75) is 0 Å². The van der Waals surface area contributed by atoms with Crippen LogP contribution in [0.3, 0.4) is 0 Å². The minimum atomic E-state index is 0.833. The molecule has 2 nitrogen and oxygen atoms in total. The van der Waals surface area contributed by atoms with E-state index < -0.39 is 0 Å². The molecular weight excluding hydrogens is 306 g/mol. The van der Waals surface area contributed by atoms with E-state index in [1.54, 1.807) is 0 Å². The Balaban J connectivity index is 1.52. The number of aromatic amines is 1. The van der Waals surface area contributed by atoms with Crippen LogP contribution in [0.15, 0.2) is 103 Å². The van der Waals surface area contributed by atoms with E-state index in [0.29, 0.717) is 0 Å². The normalized spacial score (nSPS) is 10.4. The third-order valence-corrected chi connectivity index (χ3v) is 4.06. The van der Waals surface area contributed by atoms with E-state index in [1.165, 1.54) is 5.56 Å². The number of rotatable bonds is 4. The van der Waals surface area contributed by atoms with Gasteiger partial charge in [-0.25, -0.2) is 4.98 Å². The second-order valence-corrected chi connectivity index (χ2v) is 5.80. The number of hydrogen-bond donors (Lipinski definition) is 0. The molecule has 3 aromatic carbocycles. The van der Waals surface area contributed by atoms with Crippen LogP contribution in [0, 0.1) is 0 Å². The molecule has 25 heavy (non-hydrogen) atoms. The molecule has 0 unspecified atom stereocenters. The molecule has 120 valence electrons. The van der Waals surface area contributed by atoms with Crippen molar-refractivity contribution in [1.82, 2.24) is 0 Å². The molecule has 1 N–H and O–H groups in total. The lowest BCUT2D eigenvalue weighted by Gasteiger charge is -2.06. The number of pyridine rings is 1. The van der Waals surface area contributed by atoms with Crippen LogP contribution in [0.25, 0.3) is 22.4 Å². The van der Waals surface area contributed by atoms with Gasteiger partial charge in [0.25, 0.3) is 0 Å². The first kappa shape index (κ1) is 15.2. The largest absolute Gasteiger partial charge is 0.457 e. The quantitative estimate of drug-likeness (QED) is 0.477. The van der Waals surface area contributed by atoms with E-state index in [-0.39, 0.29) is 0 Å². The zero-order chi connectivity index (χ0) is 16.9. The van der Waals surface area contributed by atoms with Crippen LogP contribution in [-0.4, -0.2) is 0 Å². The number of hydrogen-bond acceptors (Lipinski definition) is 1. The number of ether oxygens (including phenoxy) is 1. The Hall–Kier alpha value is -3.39. The minimum absolute atomic E-state index is 0.833. The second kappa shape index (κ2) is 7.02. The third kappa shape index (κ3) is 3.59. The number of aromatic nitrogens is 1. The Labute approximate surface area is 147 Å². The lowest BCUT2D eigenvalue weighted by atomic mass is 10.1. The fourth-order valence-electron chi connectivity index (χ4n) is 2.74. The van der Waals surface area contributed by atoms with Gasteiger partial charge in [0.05, 0.1) is 0 Å². The summed E-state index contributed by atoms with van der Waals surface area (Å²) in [5.74, 6) is 1.68. The molecule has 1 aromatic heterocycles. The molecule has 0 saturated carbocycles. The van der Waals surface area contributed by atoms with Gasteiger partial charge >= 0.3 is 0 Å². The van der Waals surface area contributed by atoms with Gasteiger partial charge in [-0.2, -0.15) is 0 Å². The summed E-state index contributed by atoms with van der Waals surface area (Å²) >= 11 is 0. The van der Waals surface area contributed by atoms with E-state index >= 15 is 0 Å². The molecule has 0 saturated heterocycles. The van der Waals surface area contributed by atoms with Crippen LogP contribution >= 0.6 is 0 Å². The molecule has 0 aliphatic heterocycles. The van der Waals surface area contributed by atoms with Crippen LogP contribution in [0.4, 0.5) is 0 Å². The summed E-state index contributed by atoms with van der Waals surface area (Å²) < 4.78 is 5.84. The van der Waals surface area contributed by atoms with Crippen molar-refractivity contribution in [3.05, 3.63) is 103 Å². The number of benzene rings is 3. The molecule has 0 amide bonds. The van der Waals surface area contributed by atoms with E-state index in [1.807, 2.05) is 66.9 Å². The van der Waals surface area contributed by atoms with Gasteiger partial charge in [0.15, 0.2) is 6.20 Å². The Morgan fingerprint density at radius 2 is 1.08 bits per heavy atom. The standard InChI is InChI=1S/C23H17NO/c1-3-7-19(8-4-1)23-16-13-20(17-24-23)18-11-14-22(15-12-18)25-21-9-5-2-6-10-21/h1-17H/p+1. The van der Waals surface area contributed by atoms with Gasteiger partial charge in [-0.1, -0.05) is 48.5 Å². The van der Waals surface area contributed by atoms with Gasteiger partial charge in [-0.05, 0) is 48.0 Å². The molecule has 0 spiro atoms. The molecular formula is C23H18NO+. The summed E-state index contributed by atoms with van der Waals surface area (Å²) in [6.45, 7) is 0. The Bertz CT molecular complexity index is 931. The van der Waals surface area contributed by atoms with Crippen LogP contribution in [0.1, 0.15) is 0 Å². The highest BCUT2D eigenvalue weighted by molar-refractivity contribution is 5.65. The zero-order valence-corrected chi connectivity index (χ0v) is 13.7. The Morgan fingerprint density at radius 1 is 0.480 bits per heavy atom. The first-order chi connectivity index (χ1) is 12.4. The Kier molecular flexibility index (Phi) is 4.25. The maximum Gasteiger partial charge on any atom is 0.210 e. The number of para-hydroxylation sites is 1. The van der Waals surface area contributed by atoms with Crippen LogP contribution in [-0.2, 0) is 0 Å². The highest BCUT2D eigenvalue weighted by Crippen LogP contribution is 2.25. The van der Waals surface area contributed by atoms with Gasteiger partial charge in [0.1, 0.15) is 11.5 Å². The van der Waals surface area contributed by atoms with Gasteiger partial charge in [0, 0.05) is 17.2 Å². The summed E-state index contributed by atoms with van der Waals surface area (Å²) in [5.41, 5.74) is 4.58. The lowest BCUT2D eigenvalue weighted by Crippen LogP contribution is -2.05. The topological polar surface area (TPSA) is 23.4 Å². The summed E-state index contributed by atoms with van der Waals surface area (Å²) in [6, 6.07) is 32.5. The first-order valence-electron chi connectivity index (χ1n) is 8.29. The van der Waals surface area contributed by atoms with Gasteiger partial charge < -0.3 is 4.74 Å². The maximum absolute atomic E-state index is 5.84. The smallest absolute Gasteiger partial charge is 0.210 e. The monoisotopic (exact) mass is 324 g/mol. The van der Waals surface area contributed by atoms with Crippen LogP contribution in [0.5, 0.6) is 11.5 Å². The predicted octanol–water partition coefficient (Wildman–Crippen LogP) is 5.63. The molecule has 0 radical (unpaired) electrons. The van der Waals surface area contributed by atoms with Gasteiger partial charge in [-0.15, -0.1) is 0 Å². The van der Waals surface area contributed by atoms with Crippen molar-refractivity contribution in [2.75, 3.05) is 0 Å². The molecule has 4 rings (SSSR count). The van der Waals surface area contributed by atoms with Crippen molar-refractivity contribution >= 4 is 0 Å². The SMILES string of the molecule is c1ccc(Oc2ccc(-c3ccc(-c4ccccc4)[nH+]c3)cc2)cc1. The van der Waals surface area contributed by atoms with E-state index in [9.17, 15) is 0 Å². The predicted molar refractivity (Wildman–Crippen MR) is 100 cm³/mol. The third-order valence-electron chi connectivity index (χ3n) is 4.06. The highest BCUT2D eigenvalue weighted by atomic mass is 16.5. The highest BCUT2D eigenvalue weighted by Gasteiger charge is 2.07. The first-order valence-corrected chi connectivity index (χ1v) is 8.29. The van der Waals surface area contributed by atoms with Crippen molar-refractivity contribution in [3.63, 3.8) is 0 Å². The fourth-order valence-corrected chi connectivity index (χ4v) is 2.74. The number of H-pyrrole nitrogens is 1. The van der Waals surface area contributed by atoms with Crippen LogP contribution < -0.4 is 9.72 Å². The molecule has 0 aliphatic carbocycles. The van der Waals surface area contributed by atoms with Crippen molar-refractivity contribution < 1.29 is 9.72 Å². The van der Waals surface area contributed by atoms with Gasteiger partial charge in [-0.3, -0.25) is 0 Å². The summed E-state index contributed by atoms with van der Waals surface area (Å²) in [4.78, 5) is 3.37. The lowest BCUT2D eigenvalue weighted by molar-refractivity contribution is -0.363. The van der Waals surface area contributed by atoms with Crippen molar-refractivity contribution in [1.29, 1.82) is 0 Å². The zero-order valence-electron chi connectivity index (χ0n) is 13.7. The summed E-state index contributed by atoms with van der Waals surface area (Å²) in [7, 11) is 0. The van der Waals surface area contributed by atoms with Gasteiger partial charge in [0.2, 0.25) is 5.69 Å². The van der Waals surface area contributed by atoms with Crippen molar-refractivity contribution in [3.8, 4) is 33.9 Å².